The fourth-order valence-corrected chi connectivity index (χ4v) is 3.72. The van der Waals surface area contributed by atoms with Gasteiger partial charge in [-0.15, -0.1) is 0 Å². The zero-order valence-corrected chi connectivity index (χ0v) is 16.6. The summed E-state index contributed by atoms with van der Waals surface area (Å²) in [6, 6.07) is 11.1. The van der Waals surface area contributed by atoms with E-state index >= 15 is 0 Å². The van der Waals surface area contributed by atoms with E-state index in [1.807, 2.05) is 12.1 Å². The number of hydrazine groups is 1. The monoisotopic (exact) mass is 407 g/mol. The molecule has 1 saturated heterocycles. The van der Waals surface area contributed by atoms with Crippen molar-refractivity contribution < 1.29 is 23.9 Å². The molecule has 2 aromatic rings. The molecule has 8 heteroatoms. The zero-order chi connectivity index (χ0) is 21.6. The van der Waals surface area contributed by atoms with Gasteiger partial charge in [0.1, 0.15) is 17.5 Å². The molecule has 30 heavy (non-hydrogen) atoms. The standard InChI is InChI=1S/C22H21N3O5/c1-12(2)13-6-8-14(9-7-13)30-17-5-3-4-15-19(17)22(29)24(20(15)27)16-10-11-18(26)25(23)21(16)28/h3-9,12,16H,10-11,23H2,1-2H3. The molecule has 0 bridgehead atoms. The number of fused-ring (bicyclic) bond motifs is 1. The average Bonchev–Trinajstić information content (AvgIpc) is 2.98. The van der Waals surface area contributed by atoms with Crippen molar-refractivity contribution >= 4 is 23.6 Å². The van der Waals surface area contributed by atoms with Gasteiger partial charge < -0.3 is 4.74 Å². The number of amides is 4. The van der Waals surface area contributed by atoms with Gasteiger partial charge in [0.25, 0.3) is 17.7 Å². The van der Waals surface area contributed by atoms with Crippen LogP contribution in [0.5, 0.6) is 11.5 Å². The Morgan fingerprint density at radius 2 is 1.70 bits per heavy atom. The maximum Gasteiger partial charge on any atom is 0.266 e. The fraction of sp³-hybridized carbons (Fsp3) is 0.273. The van der Waals surface area contributed by atoms with Gasteiger partial charge in [0.05, 0.1) is 11.1 Å². The van der Waals surface area contributed by atoms with Crippen molar-refractivity contribution in [2.24, 2.45) is 5.84 Å². The quantitative estimate of drug-likeness (QED) is 0.474. The molecule has 0 aliphatic carbocycles. The first-order chi connectivity index (χ1) is 14.3. The number of nitrogens with zero attached hydrogens (tertiary/aromatic N) is 2. The molecule has 2 aliphatic heterocycles. The summed E-state index contributed by atoms with van der Waals surface area (Å²) in [6.07, 6.45) is 0.0234. The Morgan fingerprint density at radius 1 is 1.00 bits per heavy atom. The van der Waals surface area contributed by atoms with Gasteiger partial charge in [-0.05, 0) is 42.2 Å². The van der Waals surface area contributed by atoms with E-state index in [-0.39, 0.29) is 29.7 Å². The van der Waals surface area contributed by atoms with Gasteiger partial charge >= 0.3 is 0 Å². The molecule has 2 aliphatic rings. The van der Waals surface area contributed by atoms with Gasteiger partial charge in [0.2, 0.25) is 5.91 Å². The predicted molar refractivity (Wildman–Crippen MR) is 107 cm³/mol. The maximum atomic E-state index is 13.1. The lowest BCUT2D eigenvalue weighted by Crippen LogP contribution is -2.58. The van der Waals surface area contributed by atoms with E-state index in [0.29, 0.717) is 16.7 Å². The van der Waals surface area contributed by atoms with Gasteiger partial charge in [-0.2, -0.15) is 0 Å². The number of rotatable bonds is 4. The molecule has 2 aromatic carbocycles. The number of ether oxygens (including phenoxy) is 1. The molecule has 0 spiro atoms. The maximum absolute atomic E-state index is 13.1. The second-order valence-corrected chi connectivity index (χ2v) is 7.64. The lowest BCUT2D eigenvalue weighted by molar-refractivity contribution is -0.151. The lowest BCUT2D eigenvalue weighted by Gasteiger charge is -2.31. The molecule has 1 fully saturated rings. The number of carbonyl (C=O) groups excluding carboxylic acids is 4. The molecule has 2 N–H and O–H groups in total. The van der Waals surface area contributed by atoms with Crippen molar-refractivity contribution in [2.45, 2.75) is 38.6 Å². The highest BCUT2D eigenvalue weighted by Gasteiger charge is 2.47. The van der Waals surface area contributed by atoms with Crippen LogP contribution in [-0.2, 0) is 9.59 Å². The van der Waals surface area contributed by atoms with Crippen molar-refractivity contribution in [3.63, 3.8) is 0 Å². The Kier molecular flexibility index (Phi) is 4.87. The van der Waals surface area contributed by atoms with Crippen LogP contribution in [0.25, 0.3) is 0 Å². The van der Waals surface area contributed by atoms with Gasteiger partial charge in [0.15, 0.2) is 0 Å². The van der Waals surface area contributed by atoms with Crippen LogP contribution >= 0.6 is 0 Å². The summed E-state index contributed by atoms with van der Waals surface area (Å²) in [5.41, 5.74) is 1.41. The van der Waals surface area contributed by atoms with Crippen LogP contribution < -0.4 is 10.6 Å². The minimum atomic E-state index is -1.11. The summed E-state index contributed by atoms with van der Waals surface area (Å²) in [4.78, 5) is 51.0. The molecule has 154 valence electrons. The number of imide groups is 2. The van der Waals surface area contributed by atoms with Gasteiger partial charge in [-0.3, -0.25) is 24.1 Å². The Bertz CT molecular complexity index is 1060. The number of carbonyl (C=O) groups is 4. The highest BCUT2D eigenvalue weighted by Crippen LogP contribution is 2.36. The molecule has 1 unspecified atom stereocenters. The highest BCUT2D eigenvalue weighted by molar-refractivity contribution is 6.24. The van der Waals surface area contributed by atoms with E-state index in [1.54, 1.807) is 24.3 Å². The molecular weight excluding hydrogens is 386 g/mol. The Balaban J connectivity index is 1.65. The smallest absolute Gasteiger partial charge is 0.266 e. The van der Waals surface area contributed by atoms with Crippen LogP contribution in [0.1, 0.15) is 58.9 Å². The highest BCUT2D eigenvalue weighted by atomic mass is 16.5. The number of benzene rings is 2. The first-order valence-corrected chi connectivity index (χ1v) is 9.69. The molecule has 4 amide bonds. The second-order valence-electron chi connectivity index (χ2n) is 7.64. The fourth-order valence-electron chi connectivity index (χ4n) is 3.72. The summed E-state index contributed by atoms with van der Waals surface area (Å²) in [5, 5.41) is 0.478. The van der Waals surface area contributed by atoms with Gasteiger partial charge in [0, 0.05) is 6.42 Å². The minimum Gasteiger partial charge on any atom is -0.457 e. The van der Waals surface area contributed by atoms with Crippen LogP contribution in [0.2, 0.25) is 0 Å². The molecule has 1 atom stereocenters. The number of hydrogen-bond donors (Lipinski definition) is 1. The van der Waals surface area contributed by atoms with Crippen LogP contribution in [0.3, 0.4) is 0 Å². The van der Waals surface area contributed by atoms with Gasteiger partial charge in [-0.25, -0.2) is 10.9 Å². The molecule has 0 radical (unpaired) electrons. The molecule has 0 saturated carbocycles. The van der Waals surface area contributed by atoms with Crippen molar-refractivity contribution in [2.75, 3.05) is 0 Å². The van der Waals surface area contributed by atoms with Crippen molar-refractivity contribution in [1.29, 1.82) is 0 Å². The van der Waals surface area contributed by atoms with Crippen LogP contribution in [0, 0.1) is 0 Å². The molecule has 0 aromatic heterocycles. The first kappa shape index (κ1) is 19.8. The average molecular weight is 407 g/mol. The number of nitrogens with two attached hydrogens (primary N) is 1. The summed E-state index contributed by atoms with van der Waals surface area (Å²) < 4.78 is 5.90. The molecule has 8 nitrogen and oxygen atoms in total. The first-order valence-electron chi connectivity index (χ1n) is 9.69. The molecule has 2 heterocycles. The third kappa shape index (κ3) is 3.15. The van der Waals surface area contributed by atoms with E-state index in [2.05, 4.69) is 13.8 Å². The predicted octanol–water partition coefficient (Wildman–Crippen LogP) is 2.59. The van der Waals surface area contributed by atoms with E-state index in [0.717, 1.165) is 10.5 Å². The van der Waals surface area contributed by atoms with Crippen molar-refractivity contribution in [1.82, 2.24) is 9.91 Å². The molecule has 4 rings (SSSR count). The van der Waals surface area contributed by atoms with Crippen LogP contribution in [0.15, 0.2) is 42.5 Å². The SMILES string of the molecule is CC(C)c1ccc(Oc2cccc3c2C(=O)N(C2CCC(=O)N(N)C2=O)C3=O)cc1. The minimum absolute atomic E-state index is 0.0220. The Hall–Kier alpha value is -3.52. The lowest BCUT2D eigenvalue weighted by atomic mass is 10.0. The topological polar surface area (TPSA) is 110 Å². The second kappa shape index (κ2) is 7.38. The summed E-state index contributed by atoms with van der Waals surface area (Å²) in [7, 11) is 0. The third-order valence-corrected chi connectivity index (χ3v) is 5.42. The van der Waals surface area contributed by atoms with Crippen LogP contribution in [0.4, 0.5) is 0 Å². The Morgan fingerprint density at radius 3 is 2.37 bits per heavy atom. The largest absolute Gasteiger partial charge is 0.457 e. The van der Waals surface area contributed by atoms with Gasteiger partial charge in [-0.1, -0.05) is 32.0 Å². The van der Waals surface area contributed by atoms with Crippen molar-refractivity contribution in [3.05, 3.63) is 59.2 Å². The van der Waals surface area contributed by atoms with Crippen molar-refractivity contribution in [3.8, 4) is 11.5 Å². The summed E-state index contributed by atoms with van der Waals surface area (Å²) in [6.45, 7) is 4.17. The molecular formula is C22H21N3O5. The van der Waals surface area contributed by atoms with E-state index in [1.165, 1.54) is 6.07 Å². The summed E-state index contributed by atoms with van der Waals surface area (Å²) >= 11 is 0. The van der Waals surface area contributed by atoms with E-state index < -0.39 is 29.7 Å². The summed E-state index contributed by atoms with van der Waals surface area (Å²) in [5.74, 6) is 4.08. The Labute approximate surface area is 173 Å². The van der Waals surface area contributed by atoms with E-state index in [4.69, 9.17) is 10.6 Å². The van der Waals surface area contributed by atoms with Crippen LogP contribution in [-0.4, -0.2) is 39.6 Å². The van der Waals surface area contributed by atoms with E-state index in [9.17, 15) is 19.2 Å². The third-order valence-electron chi connectivity index (χ3n) is 5.42. The normalized spacial score (nSPS) is 19.0. The number of piperidine rings is 1. The number of hydrogen-bond acceptors (Lipinski definition) is 6. The zero-order valence-electron chi connectivity index (χ0n) is 16.6.